The number of nitrogens with one attached hydrogen (secondary N) is 2. The molecule has 33 heavy (non-hydrogen) atoms. The Morgan fingerprint density at radius 1 is 1.30 bits per heavy atom. The van der Waals surface area contributed by atoms with Crippen LogP contribution in [0.2, 0.25) is 0 Å². The number of rotatable bonds is 5. The number of aromatic nitrogens is 5. The fraction of sp³-hybridized carbons (Fsp3) is 0.391. The topological polar surface area (TPSA) is 118 Å². The molecule has 0 saturated heterocycles. The molecule has 3 N–H and O–H groups in total. The van der Waals surface area contributed by atoms with Crippen molar-refractivity contribution in [3.05, 3.63) is 42.4 Å². The molecule has 0 aliphatic heterocycles. The average Bonchev–Trinajstić information content (AvgIpc) is 3.42. The van der Waals surface area contributed by atoms with E-state index in [-0.39, 0.29) is 11.6 Å². The molecular formula is C23H27N7O3. The van der Waals surface area contributed by atoms with Crippen molar-refractivity contribution in [2.24, 2.45) is 0 Å². The molecule has 1 fully saturated rings. The Morgan fingerprint density at radius 2 is 2.09 bits per heavy atom. The van der Waals surface area contributed by atoms with Crippen molar-refractivity contribution in [3.8, 4) is 17.0 Å². The van der Waals surface area contributed by atoms with Gasteiger partial charge in [0.15, 0.2) is 0 Å². The van der Waals surface area contributed by atoms with Gasteiger partial charge < -0.3 is 20.5 Å². The molecule has 1 saturated carbocycles. The van der Waals surface area contributed by atoms with E-state index in [0.717, 1.165) is 24.0 Å². The van der Waals surface area contributed by atoms with Crippen LogP contribution in [0.25, 0.3) is 22.2 Å². The van der Waals surface area contributed by atoms with Crippen LogP contribution in [0.15, 0.2) is 36.8 Å². The van der Waals surface area contributed by atoms with Crippen LogP contribution in [-0.2, 0) is 0 Å². The number of ether oxygens (including phenoxy) is 1. The monoisotopic (exact) mass is 452 g/mol. The largest absolute Gasteiger partial charge is 0.479 e. The molecule has 1 aliphatic rings. The molecule has 0 unspecified atom stereocenters. The van der Waals surface area contributed by atoms with E-state index in [4.69, 9.17) is 8.85 Å². The van der Waals surface area contributed by atoms with Gasteiger partial charge in [-0.25, -0.2) is 9.03 Å². The summed E-state index contributed by atoms with van der Waals surface area (Å²) in [7, 11) is 1.54. The summed E-state index contributed by atoms with van der Waals surface area (Å²) in [5, 5.41) is 24.3. The number of amides is 1. The number of hydrogen-bond acceptors (Lipinski definition) is 7. The SMILES string of the molecule is [2H]C([2H])([2H])NC(=O)c1cnn2ccc(-c3ccn4nc(NC5CCC(C)(O)CC5)nc(OC)c34)cc12. The lowest BCUT2D eigenvalue weighted by atomic mass is 9.84. The van der Waals surface area contributed by atoms with Gasteiger partial charge in [0.05, 0.1) is 30.0 Å². The predicted octanol–water partition coefficient (Wildman–Crippen LogP) is 2.52. The molecule has 10 nitrogen and oxygen atoms in total. The van der Waals surface area contributed by atoms with Crippen LogP contribution < -0.4 is 15.4 Å². The molecule has 1 amide bonds. The first-order chi connectivity index (χ1) is 17.0. The summed E-state index contributed by atoms with van der Waals surface area (Å²) in [5.41, 5.74) is 2.16. The van der Waals surface area contributed by atoms with Crippen LogP contribution in [0.5, 0.6) is 5.88 Å². The third-order valence-corrected chi connectivity index (χ3v) is 6.26. The van der Waals surface area contributed by atoms with Crippen LogP contribution in [0, 0.1) is 0 Å². The third-order valence-electron chi connectivity index (χ3n) is 6.26. The van der Waals surface area contributed by atoms with Crippen LogP contribution >= 0.6 is 0 Å². The Hall–Kier alpha value is -3.66. The van der Waals surface area contributed by atoms with Gasteiger partial charge in [-0.1, -0.05) is 0 Å². The van der Waals surface area contributed by atoms with Gasteiger partial charge in [0, 0.05) is 35.1 Å². The first kappa shape index (κ1) is 17.8. The summed E-state index contributed by atoms with van der Waals surface area (Å²) in [6, 6.07) is 5.63. The Labute approximate surface area is 194 Å². The van der Waals surface area contributed by atoms with Gasteiger partial charge in [0.2, 0.25) is 11.8 Å². The summed E-state index contributed by atoms with van der Waals surface area (Å²) < 4.78 is 30.7. The number of pyridine rings is 1. The van der Waals surface area contributed by atoms with Gasteiger partial charge >= 0.3 is 0 Å². The Kier molecular flexibility index (Phi) is 4.35. The van der Waals surface area contributed by atoms with E-state index in [9.17, 15) is 9.90 Å². The predicted molar refractivity (Wildman–Crippen MR) is 124 cm³/mol. The fourth-order valence-corrected chi connectivity index (χ4v) is 4.39. The van der Waals surface area contributed by atoms with Crippen LogP contribution in [-0.4, -0.2) is 61.0 Å². The lowest BCUT2D eigenvalue weighted by Crippen LogP contribution is -2.36. The Bertz CT molecular complexity index is 1430. The quantitative estimate of drug-likeness (QED) is 0.426. The van der Waals surface area contributed by atoms with Crippen LogP contribution in [0.1, 0.15) is 47.1 Å². The minimum absolute atomic E-state index is 0.151. The number of fused-ring (bicyclic) bond motifs is 2. The van der Waals surface area contributed by atoms with Gasteiger partial charge in [-0.05, 0) is 56.4 Å². The molecule has 10 heteroatoms. The second kappa shape index (κ2) is 8.04. The zero-order valence-corrected chi connectivity index (χ0v) is 18.4. The summed E-state index contributed by atoms with van der Waals surface area (Å²) in [6.07, 6.45) is 7.89. The highest BCUT2D eigenvalue weighted by Gasteiger charge is 2.29. The molecule has 0 aromatic carbocycles. The van der Waals surface area contributed by atoms with Gasteiger partial charge in [0.25, 0.3) is 5.91 Å². The minimum Gasteiger partial charge on any atom is -0.479 e. The Balaban J connectivity index is 1.48. The zero-order chi connectivity index (χ0) is 25.7. The van der Waals surface area contributed by atoms with E-state index in [1.807, 2.05) is 24.4 Å². The van der Waals surface area contributed by atoms with Crippen molar-refractivity contribution in [2.75, 3.05) is 19.4 Å². The van der Waals surface area contributed by atoms with E-state index in [1.165, 1.54) is 17.8 Å². The number of anilines is 1. The van der Waals surface area contributed by atoms with E-state index in [0.29, 0.717) is 35.7 Å². The highest BCUT2D eigenvalue weighted by molar-refractivity contribution is 6.01. The van der Waals surface area contributed by atoms with Crippen molar-refractivity contribution in [2.45, 2.75) is 44.2 Å². The maximum absolute atomic E-state index is 12.5. The number of nitrogens with zero attached hydrogens (tertiary/aromatic N) is 5. The van der Waals surface area contributed by atoms with E-state index in [1.54, 1.807) is 23.0 Å². The van der Waals surface area contributed by atoms with E-state index < -0.39 is 18.5 Å². The lowest BCUT2D eigenvalue weighted by Gasteiger charge is -2.33. The molecule has 0 bridgehead atoms. The summed E-state index contributed by atoms with van der Waals surface area (Å²) in [4.78, 5) is 17.1. The van der Waals surface area contributed by atoms with Gasteiger partial charge in [0.1, 0.15) is 5.52 Å². The number of carbonyl (C=O) groups excluding carboxylic acids is 1. The minimum atomic E-state index is -2.60. The first-order valence-electron chi connectivity index (χ1n) is 12.3. The highest BCUT2D eigenvalue weighted by Crippen LogP contribution is 2.33. The summed E-state index contributed by atoms with van der Waals surface area (Å²) in [6.45, 7) is -0.742. The van der Waals surface area contributed by atoms with Crippen LogP contribution in [0.4, 0.5) is 5.95 Å². The first-order valence-corrected chi connectivity index (χ1v) is 10.8. The average molecular weight is 453 g/mol. The molecule has 4 heterocycles. The fourth-order valence-electron chi connectivity index (χ4n) is 4.39. The van der Waals surface area contributed by atoms with E-state index >= 15 is 0 Å². The molecule has 172 valence electrons. The summed E-state index contributed by atoms with van der Waals surface area (Å²) >= 11 is 0. The van der Waals surface area contributed by atoms with E-state index in [2.05, 4.69) is 20.5 Å². The third kappa shape index (κ3) is 3.86. The standard InChI is InChI=1S/C23H27N7O3/c1-23(32)8-4-15(5-9-23)26-22-27-21(33-3)19-16(7-11-30(19)28-22)14-6-10-29-18(12-14)17(13-25-29)20(31)24-2/h6-7,10-13,15,32H,4-5,8-9H2,1-3H3,(H,24,31)(H,26,28)/i2D3. The molecule has 0 spiro atoms. The second-order valence-corrected chi connectivity index (χ2v) is 8.64. The summed E-state index contributed by atoms with van der Waals surface area (Å²) in [5.74, 6) is 0.0803. The number of hydrogen-bond donors (Lipinski definition) is 3. The smallest absolute Gasteiger partial charge is 0.254 e. The van der Waals surface area contributed by atoms with Gasteiger partial charge in [-0.15, -0.1) is 5.10 Å². The normalized spacial score (nSPS) is 22.5. The van der Waals surface area contributed by atoms with Crippen LogP contribution in [0.3, 0.4) is 0 Å². The van der Waals surface area contributed by atoms with Crippen molar-refractivity contribution in [3.63, 3.8) is 0 Å². The second-order valence-electron chi connectivity index (χ2n) is 8.64. The van der Waals surface area contributed by atoms with Crippen molar-refractivity contribution in [1.82, 2.24) is 29.5 Å². The lowest BCUT2D eigenvalue weighted by molar-refractivity contribution is 0.0195. The van der Waals surface area contributed by atoms with Gasteiger partial charge in [-0.3, -0.25) is 4.79 Å². The maximum atomic E-state index is 12.5. The Morgan fingerprint density at radius 3 is 2.85 bits per heavy atom. The zero-order valence-electron chi connectivity index (χ0n) is 21.4. The number of carbonyl (C=O) groups is 1. The molecule has 5 rings (SSSR count). The number of methoxy groups -OCH3 is 1. The molecular weight excluding hydrogens is 422 g/mol. The highest BCUT2D eigenvalue weighted by atomic mass is 16.5. The molecule has 0 atom stereocenters. The molecule has 4 aromatic rings. The number of aliphatic hydroxyl groups is 1. The maximum Gasteiger partial charge on any atom is 0.254 e. The molecule has 1 aliphatic carbocycles. The van der Waals surface area contributed by atoms with Crippen molar-refractivity contribution >= 4 is 22.9 Å². The van der Waals surface area contributed by atoms with Crippen molar-refractivity contribution < 1.29 is 18.8 Å². The van der Waals surface area contributed by atoms with Gasteiger partial charge in [-0.2, -0.15) is 10.1 Å². The molecule has 4 aromatic heterocycles. The molecule has 0 radical (unpaired) electrons. The van der Waals surface area contributed by atoms with Crippen molar-refractivity contribution in [1.29, 1.82) is 0 Å².